The van der Waals surface area contributed by atoms with Gasteiger partial charge in [-0.15, -0.1) is 0 Å². The van der Waals surface area contributed by atoms with Gasteiger partial charge in [0, 0.05) is 37.9 Å². The highest BCUT2D eigenvalue weighted by Gasteiger charge is 2.40. The zero-order valence-electron chi connectivity index (χ0n) is 16.2. The van der Waals surface area contributed by atoms with Gasteiger partial charge in [0.2, 0.25) is 5.95 Å². The lowest BCUT2D eigenvalue weighted by molar-refractivity contribution is -0.137. The van der Waals surface area contributed by atoms with Gasteiger partial charge in [-0.1, -0.05) is 0 Å². The molecule has 2 aromatic rings. The number of halogens is 3. The molecule has 5 rings (SSSR count). The highest BCUT2D eigenvalue weighted by atomic mass is 19.4. The Hall–Kier alpha value is -2.46. The Kier molecular flexibility index (Phi) is 4.98. The summed E-state index contributed by atoms with van der Waals surface area (Å²) in [5, 5.41) is 2.95. The van der Waals surface area contributed by atoms with Gasteiger partial charge in [0.1, 0.15) is 11.6 Å². The first-order valence-electron chi connectivity index (χ1n) is 10.1. The fourth-order valence-corrected chi connectivity index (χ4v) is 4.30. The van der Waals surface area contributed by atoms with Gasteiger partial charge < -0.3 is 19.7 Å². The van der Waals surface area contributed by atoms with Gasteiger partial charge in [-0.3, -0.25) is 0 Å². The third-order valence-corrected chi connectivity index (χ3v) is 5.87. The third kappa shape index (κ3) is 3.93. The number of alkyl halides is 3. The minimum absolute atomic E-state index is 0.0960. The Morgan fingerprint density at radius 1 is 1.10 bits per heavy atom. The summed E-state index contributed by atoms with van der Waals surface area (Å²) in [6.45, 7) is 2.71. The largest absolute Gasteiger partial charge is 0.416 e. The quantitative estimate of drug-likeness (QED) is 0.810. The lowest BCUT2D eigenvalue weighted by Crippen LogP contribution is -2.38. The molecule has 3 saturated heterocycles. The summed E-state index contributed by atoms with van der Waals surface area (Å²) in [5.74, 6) is 1.35. The summed E-state index contributed by atoms with van der Waals surface area (Å²) in [5.41, 5.74) is 0.120. The molecule has 30 heavy (non-hydrogen) atoms. The average Bonchev–Trinajstić information content (AvgIpc) is 3.38. The van der Waals surface area contributed by atoms with Gasteiger partial charge in [0.25, 0.3) is 0 Å². The van der Waals surface area contributed by atoms with E-state index in [2.05, 4.69) is 20.2 Å². The van der Waals surface area contributed by atoms with Gasteiger partial charge in [-0.2, -0.15) is 18.2 Å². The molecule has 2 aromatic heterocycles. The molecule has 5 heterocycles. The van der Waals surface area contributed by atoms with Gasteiger partial charge >= 0.3 is 6.18 Å². The van der Waals surface area contributed by atoms with Crippen LogP contribution in [0.2, 0.25) is 0 Å². The molecule has 3 aliphatic rings. The molecular weight excluding hydrogens is 399 g/mol. The lowest BCUT2D eigenvalue weighted by atomic mass is 9.96. The van der Waals surface area contributed by atoms with Crippen LogP contribution in [-0.2, 0) is 15.7 Å². The van der Waals surface area contributed by atoms with Crippen LogP contribution < -0.4 is 10.2 Å². The van der Waals surface area contributed by atoms with E-state index in [0.29, 0.717) is 31.6 Å². The van der Waals surface area contributed by atoms with Crippen LogP contribution in [0.4, 0.5) is 30.8 Å². The predicted molar refractivity (Wildman–Crippen MR) is 103 cm³/mol. The standard InChI is InChI=1S/C20H22F3N5O2/c21-20(22,23)13-1-4-24-17(7-13)26-18-9-16(12-2-5-29-6-3-12)25-19(27-18)28-10-15-8-14(28)11-30-15/h1,4,7,9,12,14-15H,2-3,5-6,8,10-11H2,(H,24,25,26,27). The summed E-state index contributed by atoms with van der Waals surface area (Å²) < 4.78 is 50.3. The Labute approximate surface area is 171 Å². The minimum Gasteiger partial charge on any atom is -0.381 e. The molecular formula is C20H22F3N5O2. The van der Waals surface area contributed by atoms with Crippen LogP contribution in [0.15, 0.2) is 24.4 Å². The van der Waals surface area contributed by atoms with Crippen molar-refractivity contribution in [2.24, 2.45) is 0 Å². The number of nitrogens with one attached hydrogen (secondary N) is 1. The molecule has 2 atom stereocenters. The Morgan fingerprint density at radius 2 is 1.93 bits per heavy atom. The molecule has 3 aliphatic heterocycles. The van der Waals surface area contributed by atoms with E-state index in [0.717, 1.165) is 49.8 Å². The predicted octanol–water partition coefficient (Wildman–Crippen LogP) is 3.51. The van der Waals surface area contributed by atoms with Crippen molar-refractivity contribution in [3.05, 3.63) is 35.7 Å². The Balaban J connectivity index is 1.47. The molecule has 2 bridgehead atoms. The number of rotatable bonds is 4. The second-order valence-corrected chi connectivity index (χ2v) is 7.91. The number of nitrogens with zero attached hydrogens (tertiary/aromatic N) is 4. The van der Waals surface area contributed by atoms with E-state index in [4.69, 9.17) is 14.5 Å². The van der Waals surface area contributed by atoms with E-state index in [9.17, 15) is 13.2 Å². The second kappa shape index (κ2) is 7.66. The van der Waals surface area contributed by atoms with Crippen molar-refractivity contribution in [2.75, 3.05) is 36.6 Å². The molecule has 10 heteroatoms. The van der Waals surface area contributed by atoms with Crippen molar-refractivity contribution in [3.63, 3.8) is 0 Å². The first-order valence-corrected chi connectivity index (χ1v) is 10.1. The van der Waals surface area contributed by atoms with E-state index >= 15 is 0 Å². The average molecular weight is 421 g/mol. The molecule has 2 unspecified atom stereocenters. The number of hydrogen-bond donors (Lipinski definition) is 1. The van der Waals surface area contributed by atoms with Crippen LogP contribution >= 0.6 is 0 Å². The molecule has 0 radical (unpaired) electrons. The summed E-state index contributed by atoms with van der Waals surface area (Å²) in [7, 11) is 0. The van der Waals surface area contributed by atoms with Crippen molar-refractivity contribution >= 4 is 17.6 Å². The van der Waals surface area contributed by atoms with Crippen LogP contribution in [0, 0.1) is 0 Å². The zero-order chi connectivity index (χ0) is 20.7. The van der Waals surface area contributed by atoms with E-state index in [1.807, 2.05) is 6.07 Å². The van der Waals surface area contributed by atoms with Crippen LogP contribution in [0.25, 0.3) is 0 Å². The molecule has 160 valence electrons. The van der Waals surface area contributed by atoms with Crippen LogP contribution in [0.5, 0.6) is 0 Å². The molecule has 0 aromatic carbocycles. The zero-order valence-corrected chi connectivity index (χ0v) is 16.2. The molecule has 1 N–H and O–H groups in total. The second-order valence-electron chi connectivity index (χ2n) is 7.91. The van der Waals surface area contributed by atoms with Crippen LogP contribution in [0.3, 0.4) is 0 Å². The molecule has 3 fully saturated rings. The first kappa shape index (κ1) is 19.5. The Morgan fingerprint density at radius 3 is 2.63 bits per heavy atom. The lowest BCUT2D eigenvalue weighted by Gasteiger charge is -2.29. The monoisotopic (exact) mass is 421 g/mol. The fraction of sp³-hybridized carbons (Fsp3) is 0.550. The number of ether oxygens (including phenoxy) is 2. The number of aromatic nitrogens is 3. The topological polar surface area (TPSA) is 72.4 Å². The van der Waals surface area contributed by atoms with E-state index in [-0.39, 0.29) is 23.9 Å². The van der Waals surface area contributed by atoms with Gasteiger partial charge in [0.05, 0.1) is 30.0 Å². The normalized spacial score (nSPS) is 24.4. The van der Waals surface area contributed by atoms with E-state index < -0.39 is 11.7 Å². The van der Waals surface area contributed by atoms with Crippen molar-refractivity contribution in [1.29, 1.82) is 0 Å². The highest BCUT2D eigenvalue weighted by Crippen LogP contribution is 2.35. The van der Waals surface area contributed by atoms with E-state index in [1.165, 1.54) is 0 Å². The van der Waals surface area contributed by atoms with E-state index in [1.54, 1.807) is 0 Å². The van der Waals surface area contributed by atoms with Crippen molar-refractivity contribution in [1.82, 2.24) is 15.0 Å². The van der Waals surface area contributed by atoms with Crippen molar-refractivity contribution < 1.29 is 22.6 Å². The number of pyridine rings is 1. The van der Waals surface area contributed by atoms with Gasteiger partial charge in [-0.05, 0) is 31.4 Å². The molecule has 0 aliphatic carbocycles. The maximum Gasteiger partial charge on any atom is 0.416 e. The molecule has 0 spiro atoms. The van der Waals surface area contributed by atoms with Crippen LogP contribution in [-0.4, -0.2) is 53.5 Å². The Bertz CT molecular complexity index is 920. The first-order chi connectivity index (χ1) is 14.5. The van der Waals surface area contributed by atoms with Crippen molar-refractivity contribution in [3.8, 4) is 0 Å². The number of anilines is 3. The SMILES string of the molecule is FC(F)(F)c1ccnc(Nc2cc(C3CCOCC3)nc(N3CC4CC3CO4)n2)c1. The number of morpholine rings is 1. The molecule has 0 amide bonds. The molecule has 0 saturated carbocycles. The van der Waals surface area contributed by atoms with Gasteiger partial charge in [0.15, 0.2) is 0 Å². The van der Waals surface area contributed by atoms with Gasteiger partial charge in [-0.25, -0.2) is 9.97 Å². The van der Waals surface area contributed by atoms with Crippen molar-refractivity contribution in [2.45, 2.75) is 43.5 Å². The fourth-order valence-electron chi connectivity index (χ4n) is 4.30. The molecule has 7 nitrogen and oxygen atoms in total. The smallest absolute Gasteiger partial charge is 0.381 e. The highest BCUT2D eigenvalue weighted by molar-refractivity contribution is 5.56. The third-order valence-electron chi connectivity index (χ3n) is 5.87. The summed E-state index contributed by atoms with van der Waals surface area (Å²) in [6.07, 6.45) is -0.448. The summed E-state index contributed by atoms with van der Waals surface area (Å²) >= 11 is 0. The minimum atomic E-state index is -4.43. The van der Waals surface area contributed by atoms with Crippen LogP contribution in [0.1, 0.15) is 36.4 Å². The maximum absolute atomic E-state index is 13.1. The summed E-state index contributed by atoms with van der Waals surface area (Å²) in [4.78, 5) is 15.6. The number of fused-ring (bicyclic) bond motifs is 2. The summed E-state index contributed by atoms with van der Waals surface area (Å²) in [6, 6.07) is 3.98. The maximum atomic E-state index is 13.1. The number of hydrogen-bond acceptors (Lipinski definition) is 7.